The number of amides is 2. The molecule has 1 atom stereocenters. The molecule has 0 saturated carbocycles. The van der Waals surface area contributed by atoms with Crippen LogP contribution in [0.4, 0.5) is 4.79 Å². The van der Waals surface area contributed by atoms with Crippen molar-refractivity contribution in [3.63, 3.8) is 0 Å². The molecular formula is C14H22N4O3. The molecule has 21 heavy (non-hydrogen) atoms. The third kappa shape index (κ3) is 4.86. The molecule has 116 valence electrons. The Labute approximate surface area is 124 Å². The van der Waals surface area contributed by atoms with E-state index in [1.54, 1.807) is 24.3 Å². The molecule has 1 aromatic heterocycles. The maximum absolute atomic E-state index is 12.0. The highest BCUT2D eigenvalue weighted by atomic mass is 16.5. The number of nitrogens with zero attached hydrogens (tertiary/aromatic N) is 3. The summed E-state index contributed by atoms with van der Waals surface area (Å²) in [6.45, 7) is 4.18. The van der Waals surface area contributed by atoms with Crippen molar-refractivity contribution in [1.29, 1.82) is 0 Å². The smallest absolute Gasteiger partial charge is 0.317 e. The second kappa shape index (κ2) is 7.78. The zero-order chi connectivity index (χ0) is 15.1. The molecule has 2 amide bonds. The minimum Gasteiger partial charge on any atom is -0.472 e. The average Bonchev–Trinajstić information content (AvgIpc) is 2.48. The van der Waals surface area contributed by atoms with E-state index < -0.39 is 0 Å². The van der Waals surface area contributed by atoms with Gasteiger partial charge in [0, 0.05) is 32.5 Å². The van der Waals surface area contributed by atoms with Crippen LogP contribution >= 0.6 is 0 Å². The first-order chi connectivity index (χ1) is 10.2. The number of methoxy groups -OCH3 is 1. The van der Waals surface area contributed by atoms with Gasteiger partial charge in [-0.1, -0.05) is 0 Å². The monoisotopic (exact) mass is 294 g/mol. The van der Waals surface area contributed by atoms with Gasteiger partial charge in [0.1, 0.15) is 11.9 Å². The number of aromatic nitrogens is 2. The van der Waals surface area contributed by atoms with E-state index in [0.717, 1.165) is 19.4 Å². The zero-order valence-electron chi connectivity index (χ0n) is 12.5. The highest BCUT2D eigenvalue weighted by Gasteiger charge is 2.25. The normalized spacial score (nSPS) is 18.4. The van der Waals surface area contributed by atoms with Gasteiger partial charge in [-0.25, -0.2) is 9.78 Å². The molecule has 0 aliphatic carbocycles. The fourth-order valence-electron chi connectivity index (χ4n) is 2.26. The van der Waals surface area contributed by atoms with Gasteiger partial charge < -0.3 is 19.7 Å². The van der Waals surface area contributed by atoms with Crippen molar-refractivity contribution in [3.8, 4) is 5.88 Å². The largest absolute Gasteiger partial charge is 0.472 e. The van der Waals surface area contributed by atoms with Crippen LogP contribution in [0.3, 0.4) is 0 Å². The van der Waals surface area contributed by atoms with Crippen molar-refractivity contribution >= 4 is 6.03 Å². The molecule has 7 heteroatoms. The van der Waals surface area contributed by atoms with Crippen LogP contribution in [0.25, 0.3) is 0 Å². The molecule has 0 bridgehead atoms. The summed E-state index contributed by atoms with van der Waals surface area (Å²) in [7, 11) is 1.61. The lowest BCUT2D eigenvalue weighted by Crippen LogP contribution is -2.49. The Bertz CT molecular complexity index is 469. The predicted molar refractivity (Wildman–Crippen MR) is 77.3 cm³/mol. The van der Waals surface area contributed by atoms with E-state index in [4.69, 9.17) is 9.47 Å². The minimum absolute atomic E-state index is 0.0266. The van der Waals surface area contributed by atoms with Crippen LogP contribution in [0.5, 0.6) is 5.88 Å². The van der Waals surface area contributed by atoms with Crippen LogP contribution in [0.2, 0.25) is 0 Å². The fraction of sp³-hybridized carbons (Fsp3) is 0.643. The quantitative estimate of drug-likeness (QED) is 0.819. The Kier molecular flexibility index (Phi) is 5.74. The SMILES string of the molecule is COCCNC(=O)N1CCCC(Oc2ccnc(C)n2)C1. The topological polar surface area (TPSA) is 76.6 Å². The van der Waals surface area contributed by atoms with Crippen molar-refractivity contribution in [2.75, 3.05) is 33.4 Å². The summed E-state index contributed by atoms with van der Waals surface area (Å²) >= 11 is 0. The summed E-state index contributed by atoms with van der Waals surface area (Å²) in [4.78, 5) is 22.0. The zero-order valence-corrected chi connectivity index (χ0v) is 12.5. The Morgan fingerprint density at radius 2 is 2.43 bits per heavy atom. The summed E-state index contributed by atoms with van der Waals surface area (Å²) in [5.41, 5.74) is 0. The van der Waals surface area contributed by atoms with Crippen molar-refractivity contribution in [1.82, 2.24) is 20.2 Å². The molecule has 0 aromatic carbocycles. The van der Waals surface area contributed by atoms with E-state index >= 15 is 0 Å². The molecule has 2 heterocycles. The molecule has 1 unspecified atom stereocenters. The molecule has 0 spiro atoms. The second-order valence-electron chi connectivity index (χ2n) is 4.99. The van der Waals surface area contributed by atoms with Gasteiger partial charge in [-0.2, -0.15) is 4.98 Å². The maximum Gasteiger partial charge on any atom is 0.317 e. The molecule has 1 aliphatic rings. The molecule has 1 fully saturated rings. The molecule has 1 aliphatic heterocycles. The summed E-state index contributed by atoms with van der Waals surface area (Å²) in [6.07, 6.45) is 3.49. The summed E-state index contributed by atoms with van der Waals surface area (Å²) in [5, 5.41) is 2.83. The number of aryl methyl sites for hydroxylation is 1. The summed E-state index contributed by atoms with van der Waals surface area (Å²) in [6, 6.07) is 1.67. The first kappa shape index (κ1) is 15.5. The molecular weight excluding hydrogens is 272 g/mol. The third-order valence-electron chi connectivity index (χ3n) is 3.29. The summed E-state index contributed by atoms with van der Waals surface area (Å²) in [5.74, 6) is 1.24. The number of nitrogens with one attached hydrogen (secondary N) is 1. The van der Waals surface area contributed by atoms with Crippen LogP contribution in [0.15, 0.2) is 12.3 Å². The highest BCUT2D eigenvalue weighted by Crippen LogP contribution is 2.16. The van der Waals surface area contributed by atoms with Crippen LogP contribution in [-0.2, 0) is 4.74 Å². The van der Waals surface area contributed by atoms with Crippen molar-refractivity contribution < 1.29 is 14.3 Å². The van der Waals surface area contributed by atoms with Gasteiger partial charge in [0.25, 0.3) is 0 Å². The first-order valence-corrected chi connectivity index (χ1v) is 7.17. The number of ether oxygens (including phenoxy) is 2. The van der Waals surface area contributed by atoms with E-state index in [1.807, 2.05) is 6.92 Å². The standard InChI is InChI=1S/C14H22N4O3/c1-11-15-6-5-13(17-11)21-12-4-3-8-18(10-12)14(19)16-7-9-20-2/h5-6,12H,3-4,7-10H2,1-2H3,(H,16,19). The fourth-order valence-corrected chi connectivity index (χ4v) is 2.26. The van der Waals surface area contributed by atoms with Crippen molar-refractivity contribution in [3.05, 3.63) is 18.1 Å². The van der Waals surface area contributed by atoms with Crippen molar-refractivity contribution in [2.24, 2.45) is 0 Å². The lowest BCUT2D eigenvalue weighted by Gasteiger charge is -2.32. The van der Waals surface area contributed by atoms with Gasteiger partial charge in [0.2, 0.25) is 5.88 Å². The number of urea groups is 1. The van der Waals surface area contributed by atoms with E-state index in [1.165, 1.54) is 0 Å². The van der Waals surface area contributed by atoms with Crippen molar-refractivity contribution in [2.45, 2.75) is 25.9 Å². The van der Waals surface area contributed by atoms with Gasteiger partial charge in [-0.05, 0) is 19.8 Å². The number of carbonyl (C=O) groups is 1. The number of likely N-dealkylation sites (tertiary alicyclic amines) is 1. The minimum atomic E-state index is -0.0702. The van der Waals surface area contributed by atoms with Crippen LogP contribution in [-0.4, -0.2) is 60.4 Å². The molecule has 1 aromatic rings. The van der Waals surface area contributed by atoms with Gasteiger partial charge in [-0.3, -0.25) is 0 Å². The van der Waals surface area contributed by atoms with Crippen LogP contribution in [0, 0.1) is 6.92 Å². The van der Waals surface area contributed by atoms with E-state index in [0.29, 0.717) is 31.4 Å². The van der Waals surface area contributed by atoms with E-state index in [-0.39, 0.29) is 12.1 Å². The molecule has 1 saturated heterocycles. The highest BCUT2D eigenvalue weighted by molar-refractivity contribution is 5.74. The van der Waals surface area contributed by atoms with E-state index in [2.05, 4.69) is 15.3 Å². The number of hydrogen-bond donors (Lipinski definition) is 1. The predicted octanol–water partition coefficient (Wildman–Crippen LogP) is 0.984. The molecule has 1 N–H and O–H groups in total. The van der Waals surface area contributed by atoms with Crippen LogP contribution < -0.4 is 10.1 Å². The number of piperidine rings is 1. The average molecular weight is 294 g/mol. The molecule has 0 radical (unpaired) electrons. The van der Waals surface area contributed by atoms with Gasteiger partial charge in [0.15, 0.2) is 0 Å². The van der Waals surface area contributed by atoms with Gasteiger partial charge in [-0.15, -0.1) is 0 Å². The third-order valence-corrected chi connectivity index (χ3v) is 3.29. The first-order valence-electron chi connectivity index (χ1n) is 7.17. The lowest BCUT2D eigenvalue weighted by molar-refractivity contribution is 0.0964. The number of rotatable bonds is 5. The molecule has 2 rings (SSSR count). The summed E-state index contributed by atoms with van der Waals surface area (Å²) < 4.78 is 10.8. The number of carbonyl (C=O) groups excluding carboxylic acids is 1. The molecule has 7 nitrogen and oxygen atoms in total. The second-order valence-corrected chi connectivity index (χ2v) is 4.99. The Morgan fingerprint density at radius 1 is 1.57 bits per heavy atom. The Hall–Kier alpha value is -1.89. The Morgan fingerprint density at radius 3 is 3.19 bits per heavy atom. The van der Waals surface area contributed by atoms with Crippen LogP contribution in [0.1, 0.15) is 18.7 Å². The lowest BCUT2D eigenvalue weighted by atomic mass is 10.1. The van der Waals surface area contributed by atoms with Gasteiger partial charge in [0.05, 0.1) is 13.2 Å². The Balaban J connectivity index is 1.84. The number of hydrogen-bond acceptors (Lipinski definition) is 5. The van der Waals surface area contributed by atoms with Gasteiger partial charge >= 0.3 is 6.03 Å². The maximum atomic E-state index is 12.0. The van der Waals surface area contributed by atoms with E-state index in [9.17, 15) is 4.79 Å².